The largest absolute Gasteiger partial charge is 0.417 e. The normalized spacial score (nSPS) is 17.4. The number of aryl methyl sites for hydroxylation is 1. The first-order chi connectivity index (χ1) is 11.3. The third kappa shape index (κ3) is 3.69. The van der Waals surface area contributed by atoms with Crippen LogP contribution in [-0.4, -0.2) is 9.60 Å². The van der Waals surface area contributed by atoms with Crippen LogP contribution in [0.2, 0.25) is 0 Å². The molecule has 8 heteroatoms. The van der Waals surface area contributed by atoms with Crippen LogP contribution in [0.15, 0.2) is 41.7 Å². The minimum atomic E-state index is -4.39. The number of alkyl halides is 3. The van der Waals surface area contributed by atoms with Gasteiger partial charge >= 0.3 is 6.18 Å². The Kier molecular flexibility index (Phi) is 4.49. The maximum absolute atomic E-state index is 12.6. The lowest BCUT2D eigenvalue weighted by Crippen LogP contribution is -2.06. The summed E-state index contributed by atoms with van der Waals surface area (Å²) in [6.07, 6.45) is -3.12. The molecule has 0 saturated carbocycles. The van der Waals surface area contributed by atoms with E-state index in [1.165, 1.54) is 6.07 Å². The molecule has 0 spiro atoms. The second-order valence-electron chi connectivity index (χ2n) is 5.39. The molecule has 3 rings (SSSR count). The third-order valence-electron chi connectivity index (χ3n) is 3.62. The highest BCUT2D eigenvalue weighted by Crippen LogP contribution is 2.33. The molecular weight excluding hydrogens is 387 g/mol. The van der Waals surface area contributed by atoms with Crippen LogP contribution in [0.3, 0.4) is 0 Å². The summed E-state index contributed by atoms with van der Waals surface area (Å²) in [5.74, 6) is 0.341. The molecule has 24 heavy (non-hydrogen) atoms. The second-order valence-corrected chi connectivity index (χ2v) is 6.31. The minimum absolute atomic E-state index is 0.180. The van der Waals surface area contributed by atoms with E-state index in [0.717, 1.165) is 33.7 Å². The Morgan fingerprint density at radius 2 is 2.04 bits per heavy atom. The van der Waals surface area contributed by atoms with E-state index in [-0.39, 0.29) is 6.10 Å². The van der Waals surface area contributed by atoms with E-state index in [1.54, 1.807) is 0 Å². The predicted octanol–water partition coefficient (Wildman–Crippen LogP) is 5.32. The molecule has 1 aliphatic heterocycles. The summed E-state index contributed by atoms with van der Waals surface area (Å²) in [5, 5.41) is 6.90. The number of halogens is 4. The van der Waals surface area contributed by atoms with Crippen LogP contribution in [0.5, 0.6) is 0 Å². The van der Waals surface area contributed by atoms with Crippen LogP contribution < -0.4 is 5.32 Å². The molecule has 0 bridgehead atoms. The van der Waals surface area contributed by atoms with Crippen molar-refractivity contribution in [3.63, 3.8) is 0 Å². The van der Waals surface area contributed by atoms with E-state index in [2.05, 4.69) is 31.4 Å². The average molecular weight is 400 g/mol. The first-order valence-corrected chi connectivity index (χ1v) is 7.91. The monoisotopic (exact) mass is 399 g/mol. The number of benzene rings is 1. The molecule has 2 aromatic rings. The Bertz CT molecular complexity index is 775. The quantitative estimate of drug-likeness (QED) is 0.759. The average Bonchev–Trinajstić information content (AvgIpc) is 2.96. The number of anilines is 2. The van der Waals surface area contributed by atoms with E-state index < -0.39 is 11.7 Å². The van der Waals surface area contributed by atoms with Crippen molar-refractivity contribution in [2.45, 2.75) is 25.6 Å². The van der Waals surface area contributed by atoms with Gasteiger partial charge in [-0.3, -0.25) is 0 Å². The van der Waals surface area contributed by atoms with Crippen LogP contribution >= 0.6 is 15.9 Å². The zero-order valence-corrected chi connectivity index (χ0v) is 14.1. The highest BCUT2D eigenvalue weighted by atomic mass is 79.9. The summed E-state index contributed by atoms with van der Waals surface area (Å²) in [6.45, 7) is 1.90. The molecule has 1 N–H and O–H groups in total. The van der Waals surface area contributed by atoms with Crippen molar-refractivity contribution in [1.82, 2.24) is 4.98 Å². The molecule has 0 saturated heterocycles. The van der Waals surface area contributed by atoms with Gasteiger partial charge in [0.05, 0.1) is 5.56 Å². The number of hydrogen-bond acceptors (Lipinski definition) is 4. The molecule has 2 heterocycles. The minimum Gasteiger partial charge on any atom is -0.386 e. The molecule has 0 unspecified atom stereocenters. The fourth-order valence-corrected chi connectivity index (χ4v) is 2.65. The second kappa shape index (κ2) is 6.43. The summed E-state index contributed by atoms with van der Waals surface area (Å²) >= 11 is 3.29. The van der Waals surface area contributed by atoms with E-state index >= 15 is 0 Å². The van der Waals surface area contributed by atoms with Crippen LogP contribution in [0.25, 0.3) is 0 Å². The Labute approximate surface area is 144 Å². The molecule has 0 radical (unpaired) electrons. The van der Waals surface area contributed by atoms with E-state index in [1.807, 2.05) is 25.1 Å². The van der Waals surface area contributed by atoms with Gasteiger partial charge in [-0.1, -0.05) is 17.3 Å². The summed E-state index contributed by atoms with van der Waals surface area (Å²) in [6, 6.07) is 8.05. The third-order valence-corrected chi connectivity index (χ3v) is 4.09. The highest BCUT2D eigenvalue weighted by Gasteiger charge is 2.30. The van der Waals surface area contributed by atoms with Crippen LogP contribution in [0.1, 0.15) is 29.2 Å². The van der Waals surface area contributed by atoms with Crippen LogP contribution in [0, 0.1) is 6.92 Å². The summed E-state index contributed by atoms with van der Waals surface area (Å²) < 4.78 is 38.5. The Morgan fingerprint density at radius 3 is 2.62 bits per heavy atom. The SMILES string of the molecule is Cc1ccc([C@@H]2CC(Br)=NO2)cc1Nc1ccc(C(F)(F)F)cn1. The molecule has 1 atom stereocenters. The van der Waals surface area contributed by atoms with Crippen LogP contribution in [0.4, 0.5) is 24.7 Å². The van der Waals surface area contributed by atoms with Gasteiger partial charge in [0, 0.05) is 18.3 Å². The maximum Gasteiger partial charge on any atom is 0.417 e. The topological polar surface area (TPSA) is 46.5 Å². The number of rotatable bonds is 3. The van der Waals surface area contributed by atoms with E-state index in [9.17, 15) is 13.2 Å². The van der Waals surface area contributed by atoms with Crippen molar-refractivity contribution in [2.75, 3.05) is 5.32 Å². The van der Waals surface area contributed by atoms with Gasteiger partial charge in [-0.25, -0.2) is 4.98 Å². The van der Waals surface area contributed by atoms with Gasteiger partial charge in [0.1, 0.15) is 10.4 Å². The Hall–Kier alpha value is -2.09. The number of nitrogens with one attached hydrogen (secondary N) is 1. The van der Waals surface area contributed by atoms with Gasteiger partial charge in [-0.2, -0.15) is 13.2 Å². The molecule has 0 fully saturated rings. The Morgan fingerprint density at radius 1 is 1.25 bits per heavy atom. The van der Waals surface area contributed by atoms with Crippen molar-refractivity contribution in [3.05, 3.63) is 53.2 Å². The van der Waals surface area contributed by atoms with Gasteiger partial charge in [0.25, 0.3) is 0 Å². The molecule has 0 amide bonds. The zero-order valence-electron chi connectivity index (χ0n) is 12.6. The fraction of sp³-hybridized carbons (Fsp3) is 0.250. The lowest BCUT2D eigenvalue weighted by atomic mass is 10.0. The van der Waals surface area contributed by atoms with Crippen molar-refractivity contribution < 1.29 is 18.0 Å². The van der Waals surface area contributed by atoms with E-state index in [4.69, 9.17) is 4.84 Å². The molecule has 1 aromatic carbocycles. The zero-order chi connectivity index (χ0) is 17.3. The number of aromatic nitrogens is 1. The lowest BCUT2D eigenvalue weighted by molar-refractivity contribution is -0.137. The van der Waals surface area contributed by atoms with Crippen molar-refractivity contribution >= 4 is 32.1 Å². The number of nitrogens with zero attached hydrogens (tertiary/aromatic N) is 2. The van der Waals surface area contributed by atoms with Crippen molar-refractivity contribution in [1.29, 1.82) is 0 Å². The fourth-order valence-electron chi connectivity index (χ4n) is 2.28. The predicted molar refractivity (Wildman–Crippen MR) is 88.5 cm³/mol. The molecular formula is C16H13BrF3N3O. The number of pyridine rings is 1. The number of oxime groups is 1. The Balaban J connectivity index is 1.79. The smallest absolute Gasteiger partial charge is 0.386 e. The van der Waals surface area contributed by atoms with Gasteiger partial charge < -0.3 is 10.2 Å². The first-order valence-electron chi connectivity index (χ1n) is 7.12. The molecule has 1 aromatic heterocycles. The highest BCUT2D eigenvalue weighted by molar-refractivity contribution is 9.18. The lowest BCUT2D eigenvalue weighted by Gasteiger charge is -2.14. The van der Waals surface area contributed by atoms with Gasteiger partial charge in [0.2, 0.25) is 0 Å². The van der Waals surface area contributed by atoms with Gasteiger partial charge in [0.15, 0.2) is 6.10 Å². The van der Waals surface area contributed by atoms with Gasteiger partial charge in [-0.15, -0.1) is 0 Å². The molecule has 126 valence electrons. The summed E-state index contributed by atoms with van der Waals surface area (Å²) in [4.78, 5) is 9.15. The molecule has 0 aliphatic carbocycles. The van der Waals surface area contributed by atoms with Crippen molar-refractivity contribution in [2.24, 2.45) is 5.16 Å². The molecule has 4 nitrogen and oxygen atoms in total. The molecule has 1 aliphatic rings. The summed E-state index contributed by atoms with van der Waals surface area (Å²) in [7, 11) is 0. The maximum atomic E-state index is 12.6. The number of hydrogen-bond donors (Lipinski definition) is 1. The van der Waals surface area contributed by atoms with E-state index in [0.29, 0.717) is 12.2 Å². The first kappa shape index (κ1) is 16.8. The van der Waals surface area contributed by atoms with Gasteiger partial charge in [-0.05, 0) is 52.2 Å². The standard InChI is InChI=1S/C16H13BrF3N3O/c1-9-2-3-10(13-7-14(17)23-24-13)6-12(9)22-15-5-4-11(8-21-15)16(18,19)20/h2-6,8,13H,7H2,1H3,(H,21,22)/t13-/m0/s1. The summed E-state index contributed by atoms with van der Waals surface area (Å²) in [5.41, 5.74) is 1.85. The van der Waals surface area contributed by atoms with Crippen LogP contribution in [-0.2, 0) is 11.0 Å². The van der Waals surface area contributed by atoms with Crippen molar-refractivity contribution in [3.8, 4) is 0 Å².